The van der Waals surface area contributed by atoms with Crippen molar-refractivity contribution in [3.63, 3.8) is 0 Å². The molecule has 0 bridgehead atoms. The van der Waals surface area contributed by atoms with Crippen LogP contribution in [0.3, 0.4) is 0 Å². The van der Waals surface area contributed by atoms with Gasteiger partial charge in [-0.05, 0) is 36.6 Å². The van der Waals surface area contributed by atoms with Crippen LogP contribution in [0.5, 0.6) is 11.5 Å². The first-order valence-corrected chi connectivity index (χ1v) is 11.4. The number of anilines is 1. The smallest absolute Gasteiger partial charge is 0.321 e. The standard InChI is InChI=1S/C18H22N3O5PS/c1-24-16-7-14-15(8-17(16)25-2)20-10-13(9-19)18(14)21-5-3-12(4-6-21)11-26-27(22,23)28/h7-8,10,12H,3-6,11H2,1-2H3,(H2,22,23,28). The number of rotatable bonds is 6. The average molecular weight is 423 g/mol. The van der Waals surface area contributed by atoms with Crippen molar-refractivity contribution in [2.24, 2.45) is 5.92 Å². The van der Waals surface area contributed by atoms with E-state index in [9.17, 15) is 15.0 Å². The summed E-state index contributed by atoms with van der Waals surface area (Å²) in [7, 11) is 3.14. The molecule has 1 fully saturated rings. The number of methoxy groups -OCH3 is 2. The molecule has 0 atom stereocenters. The number of fused-ring (bicyclic) bond motifs is 1. The second-order valence-electron chi connectivity index (χ2n) is 6.57. The first-order chi connectivity index (χ1) is 13.4. The van der Waals surface area contributed by atoms with E-state index in [1.54, 1.807) is 26.5 Å². The molecule has 28 heavy (non-hydrogen) atoms. The summed E-state index contributed by atoms with van der Waals surface area (Å²) in [5, 5.41) is 10.4. The number of pyridine rings is 1. The number of hydrogen-bond donors (Lipinski definition) is 2. The molecule has 2 N–H and O–H groups in total. The van der Waals surface area contributed by atoms with Crippen molar-refractivity contribution >= 4 is 35.1 Å². The van der Waals surface area contributed by atoms with Gasteiger partial charge in [-0.25, -0.2) is 0 Å². The molecular weight excluding hydrogens is 401 g/mol. The van der Waals surface area contributed by atoms with Gasteiger partial charge in [0.2, 0.25) is 0 Å². The summed E-state index contributed by atoms with van der Waals surface area (Å²) in [5.74, 6) is 1.34. The lowest BCUT2D eigenvalue weighted by Crippen LogP contribution is -2.35. The van der Waals surface area contributed by atoms with Gasteiger partial charge < -0.3 is 28.7 Å². The van der Waals surface area contributed by atoms with E-state index < -0.39 is 6.72 Å². The van der Waals surface area contributed by atoms with E-state index in [2.05, 4.69) is 27.8 Å². The van der Waals surface area contributed by atoms with Gasteiger partial charge >= 0.3 is 6.72 Å². The molecule has 0 saturated carbocycles. The largest absolute Gasteiger partial charge is 0.493 e. The highest BCUT2D eigenvalue weighted by molar-refractivity contribution is 8.06. The van der Waals surface area contributed by atoms with Crippen molar-refractivity contribution in [1.29, 1.82) is 5.26 Å². The molecule has 1 saturated heterocycles. The van der Waals surface area contributed by atoms with E-state index in [0.29, 0.717) is 30.2 Å². The predicted octanol–water partition coefficient (Wildman–Crippen LogP) is 2.57. The number of nitrogens with zero attached hydrogens (tertiary/aromatic N) is 3. The monoisotopic (exact) mass is 423 g/mol. The summed E-state index contributed by atoms with van der Waals surface area (Å²) in [6.07, 6.45) is 3.15. The van der Waals surface area contributed by atoms with Gasteiger partial charge in [-0.3, -0.25) is 4.98 Å². The molecule has 1 aromatic carbocycles. The molecule has 1 aromatic heterocycles. The van der Waals surface area contributed by atoms with Gasteiger partial charge in [0, 0.05) is 30.7 Å². The maximum atomic E-state index is 9.61. The molecule has 150 valence electrons. The third-order valence-corrected chi connectivity index (χ3v) is 5.68. The molecule has 2 aromatic rings. The molecule has 0 unspecified atom stereocenters. The van der Waals surface area contributed by atoms with Gasteiger partial charge in [0.25, 0.3) is 0 Å². The van der Waals surface area contributed by atoms with Crippen LogP contribution in [0.1, 0.15) is 18.4 Å². The molecule has 3 rings (SSSR count). The van der Waals surface area contributed by atoms with Crippen LogP contribution < -0.4 is 14.4 Å². The fourth-order valence-corrected chi connectivity index (χ4v) is 4.04. The van der Waals surface area contributed by atoms with Gasteiger partial charge in [-0.2, -0.15) is 5.26 Å². The Bertz CT molecular complexity index is 950. The van der Waals surface area contributed by atoms with Gasteiger partial charge in [-0.1, -0.05) is 0 Å². The summed E-state index contributed by atoms with van der Waals surface area (Å²) < 4.78 is 15.8. The van der Waals surface area contributed by atoms with Crippen molar-refractivity contribution in [3.8, 4) is 17.6 Å². The van der Waals surface area contributed by atoms with Crippen molar-refractivity contribution < 1.29 is 23.8 Å². The molecular formula is C18H22N3O5PS. The fourth-order valence-electron chi connectivity index (χ4n) is 3.45. The Labute approximate surface area is 168 Å². The molecule has 1 aliphatic rings. The Kier molecular flexibility index (Phi) is 6.38. The summed E-state index contributed by atoms with van der Waals surface area (Å²) in [6.45, 7) is -1.99. The molecule has 10 heteroatoms. The fraction of sp³-hybridized carbons (Fsp3) is 0.444. The van der Waals surface area contributed by atoms with Gasteiger partial charge in [0.1, 0.15) is 6.07 Å². The summed E-state index contributed by atoms with van der Waals surface area (Å²) in [4.78, 5) is 25.0. The van der Waals surface area contributed by atoms with E-state index >= 15 is 0 Å². The SMILES string of the molecule is COc1cc2ncc(C#N)c(N3CCC(COP(O)(O)=S)CC3)c2cc1OC. The van der Waals surface area contributed by atoms with E-state index in [1.165, 1.54) is 0 Å². The molecule has 8 nitrogen and oxygen atoms in total. The Balaban J connectivity index is 1.90. The topological polar surface area (TPSA) is 108 Å². The number of nitriles is 1. The third kappa shape index (κ3) is 4.54. The number of piperidine rings is 1. The third-order valence-electron chi connectivity index (χ3n) is 4.87. The highest BCUT2D eigenvalue weighted by atomic mass is 32.5. The zero-order valence-corrected chi connectivity index (χ0v) is 17.4. The minimum atomic E-state index is -3.63. The second-order valence-corrected chi connectivity index (χ2v) is 9.24. The van der Waals surface area contributed by atoms with E-state index in [1.807, 2.05) is 6.07 Å². The number of aromatic nitrogens is 1. The van der Waals surface area contributed by atoms with Crippen molar-refractivity contribution in [1.82, 2.24) is 4.98 Å². The Morgan fingerprint density at radius 3 is 2.46 bits per heavy atom. The molecule has 2 heterocycles. The van der Waals surface area contributed by atoms with Crippen LogP contribution in [0.15, 0.2) is 18.3 Å². The lowest BCUT2D eigenvalue weighted by atomic mass is 9.96. The lowest BCUT2D eigenvalue weighted by Gasteiger charge is -2.34. The van der Waals surface area contributed by atoms with Crippen LogP contribution in [-0.2, 0) is 16.3 Å². The first-order valence-electron chi connectivity index (χ1n) is 8.76. The zero-order chi connectivity index (χ0) is 20.3. The minimum Gasteiger partial charge on any atom is -0.493 e. The minimum absolute atomic E-state index is 0.186. The zero-order valence-electron chi connectivity index (χ0n) is 15.7. The van der Waals surface area contributed by atoms with Crippen LogP contribution in [0.2, 0.25) is 0 Å². The maximum absolute atomic E-state index is 9.61. The van der Waals surface area contributed by atoms with Crippen LogP contribution in [0.4, 0.5) is 5.69 Å². The summed E-state index contributed by atoms with van der Waals surface area (Å²) in [5.41, 5.74) is 2.04. The first kappa shape index (κ1) is 20.8. The molecule has 0 amide bonds. The molecule has 0 spiro atoms. The van der Waals surface area contributed by atoms with Crippen molar-refractivity contribution in [3.05, 3.63) is 23.9 Å². The van der Waals surface area contributed by atoms with E-state index in [0.717, 1.165) is 29.4 Å². The van der Waals surface area contributed by atoms with Crippen molar-refractivity contribution in [2.45, 2.75) is 12.8 Å². The van der Waals surface area contributed by atoms with Gasteiger partial charge in [0.15, 0.2) is 11.5 Å². The van der Waals surface area contributed by atoms with Gasteiger partial charge in [-0.15, -0.1) is 0 Å². The number of ether oxygens (including phenoxy) is 2. The summed E-state index contributed by atoms with van der Waals surface area (Å²) >= 11 is 4.51. The highest BCUT2D eigenvalue weighted by Crippen LogP contribution is 2.40. The molecule has 1 aliphatic heterocycles. The second kappa shape index (κ2) is 8.60. The summed E-state index contributed by atoms with van der Waals surface area (Å²) in [6, 6.07) is 5.88. The van der Waals surface area contributed by atoms with Crippen molar-refractivity contribution in [2.75, 3.05) is 38.8 Å². The van der Waals surface area contributed by atoms with Crippen LogP contribution >= 0.6 is 6.72 Å². The normalized spacial score (nSPS) is 15.5. The van der Waals surface area contributed by atoms with Crippen LogP contribution in [0.25, 0.3) is 10.9 Å². The van der Waals surface area contributed by atoms with E-state index in [-0.39, 0.29) is 12.5 Å². The molecule has 0 radical (unpaired) electrons. The predicted molar refractivity (Wildman–Crippen MR) is 109 cm³/mol. The highest BCUT2D eigenvalue weighted by Gasteiger charge is 2.25. The van der Waals surface area contributed by atoms with E-state index in [4.69, 9.17) is 14.0 Å². The molecule has 0 aliphatic carbocycles. The number of benzene rings is 1. The quantitative estimate of drug-likeness (QED) is 0.678. The van der Waals surface area contributed by atoms with Crippen LogP contribution in [-0.4, -0.2) is 48.7 Å². The lowest BCUT2D eigenvalue weighted by molar-refractivity contribution is 0.191. The van der Waals surface area contributed by atoms with Gasteiger partial charge in [0.05, 0.1) is 37.6 Å². The Morgan fingerprint density at radius 1 is 1.25 bits per heavy atom. The Hall–Kier alpha value is -1.95. The average Bonchev–Trinajstić information content (AvgIpc) is 2.70. The number of hydrogen-bond acceptors (Lipinski definition) is 7. The van der Waals surface area contributed by atoms with Crippen LogP contribution in [0, 0.1) is 17.2 Å². The Morgan fingerprint density at radius 2 is 1.89 bits per heavy atom. The maximum Gasteiger partial charge on any atom is 0.321 e.